The number of sulfonamides is 1. The fourth-order valence-electron chi connectivity index (χ4n) is 1.83. The van der Waals surface area contributed by atoms with Gasteiger partial charge in [0.25, 0.3) is 5.56 Å². The van der Waals surface area contributed by atoms with Gasteiger partial charge in [-0.05, 0) is 0 Å². The van der Waals surface area contributed by atoms with Crippen molar-refractivity contribution in [1.29, 1.82) is 0 Å². The second-order valence-electron chi connectivity index (χ2n) is 4.02. The summed E-state index contributed by atoms with van der Waals surface area (Å²) in [5.74, 6) is 0.397. The van der Waals surface area contributed by atoms with Crippen molar-refractivity contribution in [2.45, 2.75) is 0 Å². The molecule has 0 saturated carbocycles. The van der Waals surface area contributed by atoms with Gasteiger partial charge in [-0.25, -0.2) is 13.4 Å². The zero-order valence-electron chi connectivity index (χ0n) is 9.76. The smallest absolute Gasteiger partial charge is 0.271 e. The van der Waals surface area contributed by atoms with Gasteiger partial charge in [0, 0.05) is 26.2 Å². The second kappa shape index (κ2) is 4.87. The molecule has 100 valence electrons. The Balaban J connectivity index is 2.15. The van der Waals surface area contributed by atoms with Crippen LogP contribution in [-0.4, -0.2) is 55.1 Å². The van der Waals surface area contributed by atoms with Crippen molar-refractivity contribution in [3.8, 4) is 0 Å². The molecule has 2 heterocycles. The van der Waals surface area contributed by atoms with E-state index in [9.17, 15) is 13.2 Å². The number of H-pyrrole nitrogens is 1. The zero-order valence-corrected chi connectivity index (χ0v) is 11.3. The molecular formula is C9H13ClN4O3S. The van der Waals surface area contributed by atoms with E-state index in [1.807, 2.05) is 0 Å². The van der Waals surface area contributed by atoms with Crippen LogP contribution in [-0.2, 0) is 10.0 Å². The summed E-state index contributed by atoms with van der Waals surface area (Å²) in [6.07, 6.45) is 2.47. The highest BCUT2D eigenvalue weighted by atomic mass is 35.5. The molecule has 0 aromatic carbocycles. The third kappa shape index (κ3) is 2.65. The molecule has 0 aliphatic carbocycles. The Labute approximate surface area is 109 Å². The molecule has 0 unspecified atom stereocenters. The Bertz CT molecular complexity index is 592. The number of hydrogen-bond acceptors (Lipinski definition) is 5. The van der Waals surface area contributed by atoms with Gasteiger partial charge >= 0.3 is 0 Å². The van der Waals surface area contributed by atoms with Crippen LogP contribution in [0.3, 0.4) is 0 Å². The Kier molecular flexibility index (Phi) is 3.60. The molecule has 0 spiro atoms. The normalized spacial score (nSPS) is 18.0. The minimum atomic E-state index is -3.16. The Morgan fingerprint density at radius 3 is 2.50 bits per heavy atom. The van der Waals surface area contributed by atoms with Crippen molar-refractivity contribution in [3.05, 3.63) is 21.7 Å². The highest BCUT2D eigenvalue weighted by Crippen LogP contribution is 2.20. The lowest BCUT2D eigenvalue weighted by atomic mass is 10.3. The first-order chi connectivity index (χ1) is 8.39. The van der Waals surface area contributed by atoms with E-state index in [0.29, 0.717) is 32.0 Å². The van der Waals surface area contributed by atoms with Gasteiger partial charge in [0.15, 0.2) is 5.82 Å². The SMILES string of the molecule is CS(=O)(=O)N1CCN(c2nc[nH]c(=O)c2Cl)CC1. The minimum absolute atomic E-state index is 0.0327. The number of piperazine rings is 1. The second-order valence-corrected chi connectivity index (χ2v) is 6.38. The number of halogens is 1. The van der Waals surface area contributed by atoms with Crippen molar-refractivity contribution >= 4 is 27.4 Å². The van der Waals surface area contributed by atoms with Gasteiger partial charge in [0.1, 0.15) is 5.02 Å². The largest absolute Gasteiger partial charge is 0.353 e. The maximum atomic E-state index is 11.4. The molecular weight excluding hydrogens is 280 g/mol. The molecule has 1 aromatic heterocycles. The summed E-state index contributed by atoms with van der Waals surface area (Å²) < 4.78 is 24.1. The van der Waals surface area contributed by atoms with Gasteiger partial charge in [0.2, 0.25) is 10.0 Å². The molecule has 9 heteroatoms. The summed E-state index contributed by atoms with van der Waals surface area (Å²) in [5, 5.41) is 0.0327. The van der Waals surface area contributed by atoms with Crippen LogP contribution < -0.4 is 10.5 Å². The van der Waals surface area contributed by atoms with Crippen LogP contribution in [0.4, 0.5) is 5.82 Å². The van der Waals surface area contributed by atoms with E-state index in [1.54, 1.807) is 4.90 Å². The molecule has 1 aliphatic heterocycles. The van der Waals surface area contributed by atoms with Crippen molar-refractivity contribution in [3.63, 3.8) is 0 Å². The zero-order chi connectivity index (χ0) is 13.3. The quantitative estimate of drug-likeness (QED) is 0.794. The van der Waals surface area contributed by atoms with Crippen LogP contribution in [0, 0.1) is 0 Å². The molecule has 1 fully saturated rings. The van der Waals surface area contributed by atoms with Gasteiger partial charge in [-0.2, -0.15) is 4.31 Å². The highest BCUT2D eigenvalue weighted by Gasteiger charge is 2.25. The first-order valence-corrected chi connectivity index (χ1v) is 7.55. The predicted octanol–water partition coefficient (Wildman–Crippen LogP) is -0.495. The summed E-state index contributed by atoms with van der Waals surface area (Å²) in [6, 6.07) is 0. The van der Waals surface area contributed by atoms with E-state index < -0.39 is 15.6 Å². The fourth-order valence-corrected chi connectivity index (χ4v) is 2.88. The number of nitrogens with zero attached hydrogens (tertiary/aromatic N) is 3. The van der Waals surface area contributed by atoms with Gasteiger partial charge in [-0.3, -0.25) is 4.79 Å². The van der Waals surface area contributed by atoms with Crippen molar-refractivity contribution in [1.82, 2.24) is 14.3 Å². The van der Waals surface area contributed by atoms with Crippen LogP contribution in [0.15, 0.2) is 11.1 Å². The molecule has 7 nitrogen and oxygen atoms in total. The van der Waals surface area contributed by atoms with Crippen LogP contribution in [0.1, 0.15) is 0 Å². The molecule has 0 amide bonds. The lowest BCUT2D eigenvalue weighted by Crippen LogP contribution is -2.48. The monoisotopic (exact) mass is 292 g/mol. The number of aromatic nitrogens is 2. The van der Waals surface area contributed by atoms with Gasteiger partial charge in [-0.15, -0.1) is 0 Å². The number of anilines is 1. The maximum Gasteiger partial charge on any atom is 0.271 e. The van der Waals surface area contributed by atoms with Gasteiger partial charge in [-0.1, -0.05) is 11.6 Å². The lowest BCUT2D eigenvalue weighted by molar-refractivity contribution is 0.387. The number of hydrogen-bond donors (Lipinski definition) is 1. The van der Waals surface area contributed by atoms with Gasteiger partial charge < -0.3 is 9.88 Å². The summed E-state index contributed by atoms with van der Waals surface area (Å²) in [5.41, 5.74) is -0.396. The van der Waals surface area contributed by atoms with Crippen LogP contribution in [0.2, 0.25) is 5.02 Å². The van der Waals surface area contributed by atoms with E-state index in [1.165, 1.54) is 16.9 Å². The molecule has 1 saturated heterocycles. The van der Waals surface area contributed by atoms with Crippen LogP contribution in [0.25, 0.3) is 0 Å². The number of aromatic amines is 1. The molecule has 0 radical (unpaired) electrons. The van der Waals surface area contributed by atoms with Crippen molar-refractivity contribution in [2.24, 2.45) is 0 Å². The molecule has 1 aliphatic rings. The topological polar surface area (TPSA) is 86.4 Å². The summed E-state index contributed by atoms with van der Waals surface area (Å²) in [4.78, 5) is 19.6. The average Bonchev–Trinajstić information content (AvgIpc) is 2.32. The van der Waals surface area contributed by atoms with E-state index in [4.69, 9.17) is 11.6 Å². The number of rotatable bonds is 2. The van der Waals surface area contributed by atoms with E-state index in [-0.39, 0.29) is 5.02 Å². The predicted molar refractivity (Wildman–Crippen MR) is 68.5 cm³/mol. The highest BCUT2D eigenvalue weighted by molar-refractivity contribution is 7.88. The average molecular weight is 293 g/mol. The molecule has 0 atom stereocenters. The molecule has 1 aromatic rings. The number of nitrogens with one attached hydrogen (secondary N) is 1. The third-order valence-electron chi connectivity index (χ3n) is 2.79. The molecule has 18 heavy (non-hydrogen) atoms. The minimum Gasteiger partial charge on any atom is -0.353 e. The lowest BCUT2D eigenvalue weighted by Gasteiger charge is -2.34. The fraction of sp³-hybridized carbons (Fsp3) is 0.556. The standard InChI is InChI=1S/C9H13ClN4O3S/c1-18(16,17)14-4-2-13(3-5-14)8-7(10)9(15)12-6-11-8/h6H,2-5H2,1H3,(H,11,12,15). The molecule has 0 bridgehead atoms. The van der Waals surface area contributed by atoms with E-state index in [2.05, 4.69) is 9.97 Å². The van der Waals surface area contributed by atoms with Crippen molar-refractivity contribution in [2.75, 3.05) is 37.3 Å². The summed E-state index contributed by atoms with van der Waals surface area (Å²) in [6.45, 7) is 1.65. The Morgan fingerprint density at radius 1 is 1.33 bits per heavy atom. The van der Waals surface area contributed by atoms with E-state index in [0.717, 1.165) is 0 Å². The van der Waals surface area contributed by atoms with Crippen LogP contribution in [0.5, 0.6) is 0 Å². The van der Waals surface area contributed by atoms with Crippen LogP contribution >= 0.6 is 11.6 Å². The first-order valence-electron chi connectivity index (χ1n) is 5.33. The Morgan fingerprint density at radius 2 is 1.94 bits per heavy atom. The van der Waals surface area contributed by atoms with Crippen molar-refractivity contribution < 1.29 is 8.42 Å². The molecule has 1 N–H and O–H groups in total. The third-order valence-corrected chi connectivity index (χ3v) is 4.43. The van der Waals surface area contributed by atoms with E-state index >= 15 is 0 Å². The maximum absolute atomic E-state index is 11.4. The summed E-state index contributed by atoms with van der Waals surface area (Å²) >= 11 is 5.87. The van der Waals surface area contributed by atoms with Gasteiger partial charge in [0.05, 0.1) is 12.6 Å². The summed E-state index contributed by atoms with van der Waals surface area (Å²) in [7, 11) is -3.16. The molecule has 2 rings (SSSR count). The Hall–Kier alpha value is -1.12. The first kappa shape index (κ1) is 13.3.